The molecule has 0 aliphatic rings. The molecule has 0 saturated carbocycles. The first-order chi connectivity index (χ1) is 10.8. The molecule has 0 saturated heterocycles. The lowest BCUT2D eigenvalue weighted by Gasteiger charge is -2.08. The molecule has 3 aromatic rings. The average Bonchev–Trinajstić information content (AvgIpc) is 2.56. The maximum atomic E-state index is 4.78. The number of aromatic nitrogens is 1. The Morgan fingerprint density at radius 2 is 1.27 bits per heavy atom. The molecular weight excluding hydrogens is 270 g/mol. The van der Waals surface area contributed by atoms with Crippen LogP contribution in [0.15, 0.2) is 67.8 Å². The van der Waals surface area contributed by atoms with Crippen molar-refractivity contribution in [2.24, 2.45) is 0 Å². The first-order valence-corrected chi connectivity index (χ1v) is 7.34. The van der Waals surface area contributed by atoms with Crippen molar-refractivity contribution in [3.05, 3.63) is 67.8 Å². The second kappa shape index (κ2) is 6.31. The molecule has 110 valence electrons. The van der Waals surface area contributed by atoms with Crippen LogP contribution < -0.4 is 10.6 Å². The molecule has 0 amide bonds. The van der Waals surface area contributed by atoms with Gasteiger partial charge >= 0.3 is 0 Å². The standard InChI is InChI=1S/C19H19N3/c1-3-9-20-16-7-5-14-11-15-6-8-17(21-10-4-2)13-19(15)22-18(14)12-16/h3-8,11-13,20-21H,1-2,9-10H2. The van der Waals surface area contributed by atoms with E-state index in [1.165, 1.54) is 0 Å². The number of rotatable bonds is 6. The highest BCUT2D eigenvalue weighted by Crippen LogP contribution is 2.24. The van der Waals surface area contributed by atoms with E-state index in [-0.39, 0.29) is 0 Å². The second-order valence-corrected chi connectivity index (χ2v) is 5.14. The summed E-state index contributed by atoms with van der Waals surface area (Å²) >= 11 is 0. The molecule has 0 aliphatic heterocycles. The molecule has 3 rings (SSSR count). The number of nitrogens with zero attached hydrogens (tertiary/aromatic N) is 1. The maximum absolute atomic E-state index is 4.78. The number of pyridine rings is 1. The van der Waals surface area contributed by atoms with E-state index < -0.39 is 0 Å². The zero-order valence-corrected chi connectivity index (χ0v) is 12.5. The minimum Gasteiger partial charge on any atom is -0.382 e. The maximum Gasteiger partial charge on any atom is 0.0730 e. The van der Waals surface area contributed by atoms with Crippen molar-refractivity contribution < 1.29 is 0 Å². The third-order valence-electron chi connectivity index (χ3n) is 3.51. The highest BCUT2D eigenvalue weighted by atomic mass is 14.9. The first-order valence-electron chi connectivity index (χ1n) is 7.34. The molecule has 3 heteroatoms. The van der Waals surface area contributed by atoms with Gasteiger partial charge in [-0.2, -0.15) is 0 Å². The first kappa shape index (κ1) is 14.1. The quantitative estimate of drug-likeness (QED) is 0.515. The van der Waals surface area contributed by atoms with Gasteiger partial charge in [-0.25, -0.2) is 4.98 Å². The van der Waals surface area contributed by atoms with Crippen LogP contribution in [0.3, 0.4) is 0 Å². The monoisotopic (exact) mass is 289 g/mol. The third-order valence-corrected chi connectivity index (χ3v) is 3.51. The Kier molecular flexibility index (Phi) is 4.05. The van der Waals surface area contributed by atoms with Crippen molar-refractivity contribution in [3.63, 3.8) is 0 Å². The number of benzene rings is 2. The van der Waals surface area contributed by atoms with Gasteiger partial charge in [0.25, 0.3) is 0 Å². The van der Waals surface area contributed by atoms with Crippen LogP contribution in [0.25, 0.3) is 21.8 Å². The summed E-state index contributed by atoms with van der Waals surface area (Å²) < 4.78 is 0. The van der Waals surface area contributed by atoms with E-state index in [9.17, 15) is 0 Å². The van der Waals surface area contributed by atoms with Gasteiger partial charge in [-0.15, -0.1) is 13.2 Å². The molecule has 0 atom stereocenters. The fraction of sp³-hybridized carbons (Fsp3) is 0.105. The molecule has 2 N–H and O–H groups in total. The lowest BCUT2D eigenvalue weighted by Crippen LogP contribution is -1.98. The van der Waals surface area contributed by atoms with Crippen molar-refractivity contribution in [2.75, 3.05) is 23.7 Å². The van der Waals surface area contributed by atoms with E-state index in [0.717, 1.165) is 46.3 Å². The predicted octanol–water partition coefficient (Wildman–Crippen LogP) is 4.58. The highest BCUT2D eigenvalue weighted by Gasteiger charge is 2.02. The number of fused-ring (bicyclic) bond motifs is 2. The van der Waals surface area contributed by atoms with Crippen molar-refractivity contribution in [2.45, 2.75) is 0 Å². The minimum atomic E-state index is 0.745. The van der Waals surface area contributed by atoms with Gasteiger partial charge in [-0.1, -0.05) is 24.3 Å². The number of nitrogens with one attached hydrogen (secondary N) is 2. The minimum absolute atomic E-state index is 0.745. The van der Waals surface area contributed by atoms with Crippen LogP contribution in [0.1, 0.15) is 0 Å². The molecule has 0 aliphatic carbocycles. The van der Waals surface area contributed by atoms with Crippen LogP contribution in [0, 0.1) is 0 Å². The van der Waals surface area contributed by atoms with Gasteiger partial charge in [0.15, 0.2) is 0 Å². The van der Waals surface area contributed by atoms with Crippen molar-refractivity contribution >= 4 is 33.2 Å². The lowest BCUT2D eigenvalue weighted by molar-refractivity contribution is 1.34. The summed E-state index contributed by atoms with van der Waals surface area (Å²) in [6.45, 7) is 8.93. The molecule has 1 aromatic heterocycles. The molecule has 0 fully saturated rings. The second-order valence-electron chi connectivity index (χ2n) is 5.14. The topological polar surface area (TPSA) is 37.0 Å². The zero-order chi connectivity index (χ0) is 15.4. The Morgan fingerprint density at radius 3 is 1.73 bits per heavy atom. The zero-order valence-electron chi connectivity index (χ0n) is 12.5. The third kappa shape index (κ3) is 2.93. The molecule has 0 bridgehead atoms. The van der Waals surface area contributed by atoms with Crippen molar-refractivity contribution in [3.8, 4) is 0 Å². The molecule has 0 spiro atoms. The van der Waals surface area contributed by atoms with Gasteiger partial charge in [0.2, 0.25) is 0 Å². The van der Waals surface area contributed by atoms with Gasteiger partial charge in [-0.3, -0.25) is 0 Å². The van der Waals surface area contributed by atoms with Crippen LogP contribution in [-0.4, -0.2) is 18.1 Å². The largest absolute Gasteiger partial charge is 0.382 e. The fourth-order valence-corrected chi connectivity index (χ4v) is 2.42. The Balaban J connectivity index is 2.02. The summed E-state index contributed by atoms with van der Waals surface area (Å²) in [7, 11) is 0. The summed E-state index contributed by atoms with van der Waals surface area (Å²) in [6.07, 6.45) is 3.69. The van der Waals surface area contributed by atoms with E-state index in [2.05, 4.69) is 66.3 Å². The average molecular weight is 289 g/mol. The molecule has 3 nitrogen and oxygen atoms in total. The van der Waals surface area contributed by atoms with Crippen LogP contribution >= 0.6 is 0 Å². The number of hydrogen-bond donors (Lipinski definition) is 2. The van der Waals surface area contributed by atoms with Crippen molar-refractivity contribution in [1.82, 2.24) is 4.98 Å². The van der Waals surface area contributed by atoms with E-state index >= 15 is 0 Å². The van der Waals surface area contributed by atoms with Crippen LogP contribution in [0.5, 0.6) is 0 Å². The molecule has 1 heterocycles. The lowest BCUT2D eigenvalue weighted by atomic mass is 10.1. The summed E-state index contributed by atoms with van der Waals surface area (Å²) in [5, 5.41) is 8.87. The molecule has 2 aromatic carbocycles. The predicted molar refractivity (Wildman–Crippen MR) is 96.6 cm³/mol. The summed E-state index contributed by atoms with van der Waals surface area (Å²) in [6, 6.07) is 14.6. The van der Waals surface area contributed by atoms with E-state index in [1.54, 1.807) is 0 Å². The summed E-state index contributed by atoms with van der Waals surface area (Å²) in [5.41, 5.74) is 4.09. The normalized spacial score (nSPS) is 10.5. The van der Waals surface area contributed by atoms with Crippen molar-refractivity contribution in [1.29, 1.82) is 0 Å². The van der Waals surface area contributed by atoms with E-state index in [0.29, 0.717) is 0 Å². The molecule has 0 unspecified atom stereocenters. The SMILES string of the molecule is C=CCNc1ccc2cc3ccc(NCC=C)cc3nc2c1. The molecular formula is C19H19N3. The Morgan fingerprint density at radius 1 is 0.773 bits per heavy atom. The Bertz CT molecular complexity index is 770. The van der Waals surface area contributed by atoms with Crippen LogP contribution in [0.4, 0.5) is 11.4 Å². The number of hydrogen-bond acceptors (Lipinski definition) is 3. The number of anilines is 2. The van der Waals surface area contributed by atoms with Gasteiger partial charge in [0.05, 0.1) is 11.0 Å². The Hall–Kier alpha value is -2.81. The van der Waals surface area contributed by atoms with Gasteiger partial charge < -0.3 is 10.6 Å². The van der Waals surface area contributed by atoms with Gasteiger partial charge in [0.1, 0.15) is 0 Å². The molecule has 0 radical (unpaired) electrons. The fourth-order valence-electron chi connectivity index (χ4n) is 2.42. The van der Waals surface area contributed by atoms with Crippen LogP contribution in [-0.2, 0) is 0 Å². The molecule has 22 heavy (non-hydrogen) atoms. The summed E-state index contributed by atoms with van der Waals surface area (Å²) in [4.78, 5) is 4.78. The van der Waals surface area contributed by atoms with Gasteiger partial charge in [-0.05, 0) is 30.3 Å². The van der Waals surface area contributed by atoms with Gasteiger partial charge in [0, 0.05) is 35.2 Å². The van der Waals surface area contributed by atoms with E-state index in [4.69, 9.17) is 4.98 Å². The summed E-state index contributed by atoms with van der Waals surface area (Å²) in [5.74, 6) is 0. The van der Waals surface area contributed by atoms with E-state index in [1.807, 2.05) is 12.2 Å². The van der Waals surface area contributed by atoms with Crippen LogP contribution in [0.2, 0.25) is 0 Å². The Labute approximate surface area is 130 Å². The smallest absolute Gasteiger partial charge is 0.0730 e. The highest BCUT2D eigenvalue weighted by molar-refractivity contribution is 5.95.